The van der Waals surface area contributed by atoms with Crippen LogP contribution in [-0.4, -0.2) is 18.6 Å². The molecule has 1 atom stereocenters. The van der Waals surface area contributed by atoms with Gasteiger partial charge in [0, 0.05) is 6.61 Å². The molecule has 0 spiro atoms. The van der Waals surface area contributed by atoms with Gasteiger partial charge in [-0.2, -0.15) is 13.2 Å². The van der Waals surface area contributed by atoms with Crippen molar-refractivity contribution in [2.45, 2.75) is 25.1 Å². The van der Waals surface area contributed by atoms with Crippen molar-refractivity contribution >= 4 is 11.6 Å². The molecule has 2 rings (SSSR count). The van der Waals surface area contributed by atoms with Crippen molar-refractivity contribution in [2.75, 3.05) is 11.9 Å². The molecule has 18 heavy (non-hydrogen) atoms. The standard InChI is InChI=1S/C12H12F3NO2/c13-12(14,15)8-4-1-2-5-9(8)16-11(17)10-6-3-7-18-10/h1-2,4-5,10H,3,6-7H2,(H,16,17). The topological polar surface area (TPSA) is 38.3 Å². The third kappa shape index (κ3) is 2.81. The highest BCUT2D eigenvalue weighted by Crippen LogP contribution is 2.34. The molecule has 3 nitrogen and oxygen atoms in total. The van der Waals surface area contributed by atoms with E-state index in [-0.39, 0.29) is 5.69 Å². The van der Waals surface area contributed by atoms with Crippen molar-refractivity contribution in [3.8, 4) is 0 Å². The lowest BCUT2D eigenvalue weighted by molar-refractivity contribution is -0.137. The van der Waals surface area contributed by atoms with E-state index in [0.717, 1.165) is 12.5 Å². The Balaban J connectivity index is 2.16. The second-order valence-electron chi connectivity index (χ2n) is 4.03. The van der Waals surface area contributed by atoms with Crippen molar-refractivity contribution in [3.05, 3.63) is 29.8 Å². The number of ether oxygens (including phenoxy) is 1. The Labute approximate surface area is 102 Å². The number of amides is 1. The van der Waals surface area contributed by atoms with Gasteiger partial charge in [0.25, 0.3) is 5.91 Å². The zero-order valence-corrected chi connectivity index (χ0v) is 9.46. The summed E-state index contributed by atoms with van der Waals surface area (Å²) in [6.07, 6.45) is -3.84. The molecule has 0 aliphatic carbocycles. The van der Waals surface area contributed by atoms with Crippen LogP contribution in [0.3, 0.4) is 0 Å². The van der Waals surface area contributed by atoms with Crippen molar-refractivity contribution in [3.63, 3.8) is 0 Å². The van der Waals surface area contributed by atoms with Gasteiger partial charge in [-0.25, -0.2) is 0 Å². The predicted molar refractivity (Wildman–Crippen MR) is 59.0 cm³/mol. The highest BCUT2D eigenvalue weighted by atomic mass is 19.4. The molecule has 1 N–H and O–H groups in total. The molecule has 0 bridgehead atoms. The predicted octanol–water partition coefficient (Wildman–Crippen LogP) is 2.82. The molecule has 0 saturated carbocycles. The number of carbonyl (C=O) groups excluding carboxylic acids is 1. The molecular weight excluding hydrogens is 247 g/mol. The lowest BCUT2D eigenvalue weighted by Crippen LogP contribution is -2.28. The van der Waals surface area contributed by atoms with E-state index in [1.165, 1.54) is 18.2 Å². The van der Waals surface area contributed by atoms with Crippen LogP contribution in [0.2, 0.25) is 0 Å². The van der Waals surface area contributed by atoms with Gasteiger partial charge in [-0.1, -0.05) is 12.1 Å². The van der Waals surface area contributed by atoms with Gasteiger partial charge in [0.05, 0.1) is 11.3 Å². The zero-order valence-electron chi connectivity index (χ0n) is 9.46. The molecule has 1 aliphatic heterocycles. The number of carbonyl (C=O) groups is 1. The van der Waals surface area contributed by atoms with Crippen LogP contribution in [0.15, 0.2) is 24.3 Å². The summed E-state index contributed by atoms with van der Waals surface area (Å²) in [5.74, 6) is -0.524. The largest absolute Gasteiger partial charge is 0.418 e. The SMILES string of the molecule is O=C(Nc1ccccc1C(F)(F)F)C1CCCO1. The second kappa shape index (κ2) is 4.97. The van der Waals surface area contributed by atoms with Crippen molar-refractivity contribution < 1.29 is 22.7 Å². The second-order valence-corrected chi connectivity index (χ2v) is 4.03. The van der Waals surface area contributed by atoms with Crippen molar-refractivity contribution in [1.29, 1.82) is 0 Å². The van der Waals surface area contributed by atoms with Crippen LogP contribution in [-0.2, 0) is 15.7 Å². The number of alkyl halides is 3. The molecule has 1 aliphatic rings. The number of halogens is 3. The van der Waals surface area contributed by atoms with Gasteiger partial charge in [0.15, 0.2) is 0 Å². The Morgan fingerprint density at radius 3 is 2.67 bits per heavy atom. The molecular formula is C12H12F3NO2. The Bertz CT molecular complexity index is 439. The van der Waals surface area contributed by atoms with Crippen LogP contribution in [0.5, 0.6) is 0 Å². The number of para-hydroxylation sites is 1. The van der Waals surface area contributed by atoms with Gasteiger partial charge in [-0.05, 0) is 25.0 Å². The van der Waals surface area contributed by atoms with Gasteiger partial charge >= 0.3 is 6.18 Å². The van der Waals surface area contributed by atoms with E-state index in [1.54, 1.807) is 0 Å². The first-order chi connectivity index (χ1) is 8.48. The number of rotatable bonds is 2. The first kappa shape index (κ1) is 12.9. The lowest BCUT2D eigenvalue weighted by Gasteiger charge is -2.15. The molecule has 0 aromatic heterocycles. The Kier molecular flexibility index (Phi) is 3.56. The van der Waals surface area contributed by atoms with Crippen LogP contribution in [0.1, 0.15) is 18.4 Å². The van der Waals surface area contributed by atoms with E-state index in [4.69, 9.17) is 4.74 Å². The fourth-order valence-corrected chi connectivity index (χ4v) is 1.84. The molecule has 0 radical (unpaired) electrons. The summed E-state index contributed by atoms with van der Waals surface area (Å²) in [6, 6.07) is 4.89. The summed E-state index contributed by atoms with van der Waals surface area (Å²) in [7, 11) is 0. The number of hydrogen-bond donors (Lipinski definition) is 1. The smallest absolute Gasteiger partial charge is 0.368 e. The Hall–Kier alpha value is -1.56. The van der Waals surface area contributed by atoms with E-state index in [9.17, 15) is 18.0 Å². The molecule has 1 amide bonds. The summed E-state index contributed by atoms with van der Waals surface area (Å²) < 4.78 is 43.2. The fourth-order valence-electron chi connectivity index (χ4n) is 1.84. The summed E-state index contributed by atoms with van der Waals surface area (Å²) in [6.45, 7) is 0.471. The number of nitrogens with one attached hydrogen (secondary N) is 1. The highest BCUT2D eigenvalue weighted by Gasteiger charge is 2.34. The molecule has 1 aromatic rings. The minimum Gasteiger partial charge on any atom is -0.368 e. The van der Waals surface area contributed by atoms with E-state index in [0.29, 0.717) is 13.0 Å². The van der Waals surface area contributed by atoms with E-state index >= 15 is 0 Å². The lowest BCUT2D eigenvalue weighted by atomic mass is 10.1. The van der Waals surface area contributed by atoms with Gasteiger partial charge in [0.1, 0.15) is 6.10 Å². The van der Waals surface area contributed by atoms with Gasteiger partial charge in [-0.3, -0.25) is 4.79 Å². The molecule has 1 fully saturated rings. The third-order valence-corrected chi connectivity index (χ3v) is 2.71. The monoisotopic (exact) mass is 259 g/mol. The first-order valence-corrected chi connectivity index (χ1v) is 5.57. The maximum atomic E-state index is 12.7. The number of anilines is 1. The average molecular weight is 259 g/mol. The summed E-state index contributed by atoms with van der Waals surface area (Å²) in [5.41, 5.74) is -1.08. The zero-order chi connectivity index (χ0) is 13.2. The van der Waals surface area contributed by atoms with Crippen molar-refractivity contribution in [1.82, 2.24) is 0 Å². The fraction of sp³-hybridized carbons (Fsp3) is 0.417. The van der Waals surface area contributed by atoms with Crippen LogP contribution in [0.25, 0.3) is 0 Å². The van der Waals surface area contributed by atoms with Gasteiger partial charge in [0.2, 0.25) is 0 Å². The first-order valence-electron chi connectivity index (χ1n) is 5.57. The van der Waals surface area contributed by atoms with Crippen LogP contribution < -0.4 is 5.32 Å². The maximum absolute atomic E-state index is 12.7. The quantitative estimate of drug-likeness (QED) is 0.886. The average Bonchev–Trinajstić information content (AvgIpc) is 2.81. The Morgan fingerprint density at radius 1 is 1.33 bits per heavy atom. The van der Waals surface area contributed by atoms with Crippen molar-refractivity contribution in [2.24, 2.45) is 0 Å². The van der Waals surface area contributed by atoms with Crippen LogP contribution in [0, 0.1) is 0 Å². The minimum atomic E-state index is -4.49. The van der Waals surface area contributed by atoms with Crippen LogP contribution in [0.4, 0.5) is 18.9 Å². The number of hydrogen-bond acceptors (Lipinski definition) is 2. The third-order valence-electron chi connectivity index (χ3n) is 2.71. The molecule has 1 saturated heterocycles. The molecule has 1 unspecified atom stereocenters. The van der Waals surface area contributed by atoms with E-state index < -0.39 is 23.8 Å². The Morgan fingerprint density at radius 2 is 2.06 bits per heavy atom. The van der Waals surface area contributed by atoms with Gasteiger partial charge in [-0.15, -0.1) is 0 Å². The minimum absolute atomic E-state index is 0.231. The van der Waals surface area contributed by atoms with E-state index in [1.807, 2.05) is 0 Å². The molecule has 6 heteroatoms. The normalized spacial score (nSPS) is 19.8. The summed E-state index contributed by atoms with van der Waals surface area (Å²) in [5, 5.41) is 2.28. The number of benzene rings is 1. The van der Waals surface area contributed by atoms with Gasteiger partial charge < -0.3 is 10.1 Å². The van der Waals surface area contributed by atoms with Crippen LogP contribution >= 0.6 is 0 Å². The summed E-state index contributed by atoms with van der Waals surface area (Å²) >= 11 is 0. The molecule has 1 heterocycles. The van der Waals surface area contributed by atoms with E-state index in [2.05, 4.69) is 5.32 Å². The maximum Gasteiger partial charge on any atom is 0.418 e. The highest BCUT2D eigenvalue weighted by molar-refractivity contribution is 5.95. The summed E-state index contributed by atoms with van der Waals surface area (Å²) in [4.78, 5) is 11.7. The molecule has 98 valence electrons. The molecule has 1 aromatic carbocycles.